The highest BCUT2D eigenvalue weighted by Gasteiger charge is 2.05. The standard InChI is InChI=1S/C11H21OS/c1-9(2)5-4-6-10(3)7-8-11(12)13/h9-10H,4-8H2,1-3H3. The van der Waals surface area contributed by atoms with Crippen LogP contribution in [0, 0.1) is 11.8 Å². The minimum Gasteiger partial charge on any atom is -0.282 e. The Morgan fingerprint density at radius 3 is 2.23 bits per heavy atom. The minimum absolute atomic E-state index is 0.0873. The maximum Gasteiger partial charge on any atom is 0.218 e. The smallest absolute Gasteiger partial charge is 0.218 e. The molecule has 0 spiro atoms. The summed E-state index contributed by atoms with van der Waals surface area (Å²) in [5, 5.41) is -0.0873. The van der Waals surface area contributed by atoms with E-state index < -0.39 is 0 Å². The lowest BCUT2D eigenvalue weighted by molar-refractivity contribution is -0.111. The normalized spacial score (nSPS) is 13.2. The van der Waals surface area contributed by atoms with Gasteiger partial charge in [-0.05, 0) is 30.9 Å². The monoisotopic (exact) mass is 201 g/mol. The fourth-order valence-corrected chi connectivity index (χ4v) is 1.50. The number of hydrogen-bond donors (Lipinski definition) is 0. The summed E-state index contributed by atoms with van der Waals surface area (Å²) in [6, 6.07) is 0. The molecule has 0 saturated carbocycles. The topological polar surface area (TPSA) is 17.1 Å². The van der Waals surface area contributed by atoms with Crippen LogP contribution in [0.4, 0.5) is 0 Å². The predicted molar refractivity (Wildman–Crippen MR) is 59.7 cm³/mol. The van der Waals surface area contributed by atoms with Gasteiger partial charge in [-0.1, -0.05) is 40.0 Å². The molecule has 1 nitrogen and oxygen atoms in total. The van der Waals surface area contributed by atoms with Gasteiger partial charge >= 0.3 is 0 Å². The molecule has 0 fully saturated rings. The number of carbonyl (C=O) groups is 1. The molecule has 0 amide bonds. The van der Waals surface area contributed by atoms with Crippen molar-refractivity contribution in [2.75, 3.05) is 0 Å². The highest BCUT2D eigenvalue weighted by Crippen LogP contribution is 2.16. The van der Waals surface area contributed by atoms with E-state index in [1.807, 2.05) is 0 Å². The van der Waals surface area contributed by atoms with Crippen LogP contribution in [-0.4, -0.2) is 5.12 Å². The van der Waals surface area contributed by atoms with Crippen molar-refractivity contribution in [3.8, 4) is 0 Å². The van der Waals surface area contributed by atoms with Crippen LogP contribution in [0.15, 0.2) is 0 Å². The van der Waals surface area contributed by atoms with Gasteiger partial charge in [0.05, 0.1) is 0 Å². The van der Waals surface area contributed by atoms with Gasteiger partial charge in [0.25, 0.3) is 0 Å². The number of carbonyl (C=O) groups excluding carboxylic acids is 1. The zero-order valence-corrected chi connectivity index (χ0v) is 9.82. The molecule has 0 N–H and O–H groups in total. The second-order valence-electron chi connectivity index (χ2n) is 4.34. The Morgan fingerprint density at radius 2 is 1.77 bits per heavy atom. The molecule has 0 rings (SSSR count). The molecule has 2 heteroatoms. The first kappa shape index (κ1) is 12.9. The maximum absolute atomic E-state index is 10.5. The first-order valence-electron chi connectivity index (χ1n) is 5.22. The fraction of sp³-hybridized carbons (Fsp3) is 0.909. The van der Waals surface area contributed by atoms with Crippen molar-refractivity contribution in [2.24, 2.45) is 11.8 Å². The summed E-state index contributed by atoms with van der Waals surface area (Å²) in [6.07, 6.45) is 5.37. The van der Waals surface area contributed by atoms with Crippen LogP contribution in [0.1, 0.15) is 52.9 Å². The molecule has 0 heterocycles. The lowest BCUT2D eigenvalue weighted by Gasteiger charge is -2.10. The molecule has 0 aliphatic heterocycles. The zero-order chi connectivity index (χ0) is 10.3. The Kier molecular flexibility index (Phi) is 7.25. The van der Waals surface area contributed by atoms with Crippen molar-refractivity contribution in [1.82, 2.24) is 0 Å². The van der Waals surface area contributed by atoms with Crippen molar-refractivity contribution in [3.63, 3.8) is 0 Å². The van der Waals surface area contributed by atoms with Crippen molar-refractivity contribution < 1.29 is 4.79 Å². The van der Waals surface area contributed by atoms with Gasteiger partial charge in [-0.15, -0.1) is 0 Å². The van der Waals surface area contributed by atoms with Crippen LogP contribution in [0.5, 0.6) is 0 Å². The number of hydrogen-bond acceptors (Lipinski definition) is 1. The Bertz CT molecular complexity index is 143. The van der Waals surface area contributed by atoms with E-state index in [0.717, 1.165) is 12.3 Å². The molecule has 0 saturated heterocycles. The third-order valence-electron chi connectivity index (χ3n) is 2.32. The van der Waals surface area contributed by atoms with E-state index in [0.29, 0.717) is 12.3 Å². The van der Waals surface area contributed by atoms with Gasteiger partial charge in [-0.3, -0.25) is 4.79 Å². The van der Waals surface area contributed by atoms with Crippen LogP contribution < -0.4 is 0 Å². The van der Waals surface area contributed by atoms with Gasteiger partial charge in [-0.2, -0.15) is 0 Å². The largest absolute Gasteiger partial charge is 0.282 e. The van der Waals surface area contributed by atoms with E-state index in [4.69, 9.17) is 0 Å². The van der Waals surface area contributed by atoms with Crippen LogP contribution in [0.3, 0.4) is 0 Å². The van der Waals surface area contributed by atoms with Crippen LogP contribution in [-0.2, 0) is 4.79 Å². The fourth-order valence-electron chi connectivity index (χ4n) is 1.38. The Balaban J connectivity index is 3.30. The second-order valence-corrected chi connectivity index (χ2v) is 4.80. The summed E-state index contributed by atoms with van der Waals surface area (Å²) in [7, 11) is 0. The average Bonchev–Trinajstić information content (AvgIpc) is 2.00. The molecule has 1 unspecified atom stereocenters. The highest BCUT2D eigenvalue weighted by atomic mass is 32.1. The van der Waals surface area contributed by atoms with Crippen LogP contribution >= 0.6 is 12.6 Å². The van der Waals surface area contributed by atoms with E-state index >= 15 is 0 Å². The van der Waals surface area contributed by atoms with Crippen LogP contribution in [0.2, 0.25) is 0 Å². The second kappa shape index (κ2) is 7.31. The molecule has 1 radical (unpaired) electrons. The van der Waals surface area contributed by atoms with Crippen molar-refractivity contribution >= 4 is 17.7 Å². The van der Waals surface area contributed by atoms with Crippen molar-refractivity contribution in [1.29, 1.82) is 0 Å². The average molecular weight is 201 g/mol. The van der Waals surface area contributed by atoms with Gasteiger partial charge in [0, 0.05) is 6.42 Å². The van der Waals surface area contributed by atoms with Gasteiger partial charge in [0.1, 0.15) is 0 Å². The van der Waals surface area contributed by atoms with Gasteiger partial charge in [0.2, 0.25) is 5.12 Å². The third-order valence-corrected chi connectivity index (χ3v) is 2.52. The SMILES string of the molecule is CC(C)CCCC(C)CCC(=O)[S]. The molecule has 1 atom stereocenters. The number of rotatable bonds is 7. The van der Waals surface area contributed by atoms with E-state index in [2.05, 4.69) is 33.4 Å². The Labute approximate surface area is 87.7 Å². The quantitative estimate of drug-likeness (QED) is 0.609. The first-order chi connectivity index (χ1) is 6.02. The molecule has 0 bridgehead atoms. The Morgan fingerprint density at radius 1 is 1.15 bits per heavy atom. The molecule has 0 aromatic heterocycles. The molecule has 0 aromatic carbocycles. The summed E-state index contributed by atoms with van der Waals surface area (Å²) < 4.78 is 0. The molecular weight excluding hydrogens is 180 g/mol. The van der Waals surface area contributed by atoms with Gasteiger partial charge < -0.3 is 0 Å². The summed E-state index contributed by atoms with van der Waals surface area (Å²) in [6.45, 7) is 6.70. The Hall–Kier alpha value is -0.110. The molecular formula is C11H21OS. The van der Waals surface area contributed by atoms with E-state index in [-0.39, 0.29) is 5.12 Å². The lowest BCUT2D eigenvalue weighted by atomic mass is 9.96. The highest BCUT2D eigenvalue weighted by molar-refractivity contribution is 7.96. The van der Waals surface area contributed by atoms with Crippen molar-refractivity contribution in [2.45, 2.75) is 52.9 Å². The van der Waals surface area contributed by atoms with Crippen molar-refractivity contribution in [3.05, 3.63) is 0 Å². The summed E-state index contributed by atoms with van der Waals surface area (Å²) in [5.41, 5.74) is 0. The molecule has 0 aliphatic carbocycles. The molecule has 13 heavy (non-hydrogen) atoms. The summed E-state index contributed by atoms with van der Waals surface area (Å²) in [4.78, 5) is 10.5. The summed E-state index contributed by atoms with van der Waals surface area (Å²) in [5.74, 6) is 1.46. The first-order valence-corrected chi connectivity index (χ1v) is 5.63. The third kappa shape index (κ3) is 9.81. The lowest BCUT2D eigenvalue weighted by Crippen LogP contribution is -1.99. The van der Waals surface area contributed by atoms with Gasteiger partial charge in [-0.25, -0.2) is 0 Å². The van der Waals surface area contributed by atoms with E-state index in [9.17, 15) is 4.79 Å². The van der Waals surface area contributed by atoms with Crippen LogP contribution in [0.25, 0.3) is 0 Å². The molecule has 77 valence electrons. The predicted octanol–water partition coefficient (Wildman–Crippen LogP) is 3.95. The zero-order valence-electron chi connectivity index (χ0n) is 9.01. The van der Waals surface area contributed by atoms with Gasteiger partial charge in [0.15, 0.2) is 0 Å². The minimum atomic E-state index is -0.0873. The maximum atomic E-state index is 10.5. The van der Waals surface area contributed by atoms with E-state index in [1.54, 1.807) is 0 Å². The molecule has 0 aliphatic rings. The summed E-state index contributed by atoms with van der Waals surface area (Å²) >= 11 is 4.51. The molecule has 0 aromatic rings. The van der Waals surface area contributed by atoms with E-state index in [1.165, 1.54) is 19.3 Å².